The molecule has 0 aliphatic carbocycles. The molecular formula is C28H22ClN3O3. The van der Waals surface area contributed by atoms with Crippen LogP contribution in [0, 0.1) is 18.8 Å². The standard InChI is InChI=1S/C28H22ClN3O3/c1-16-6-12-20(13-7-16)32-27(34)22-23(28(32)35)25(26(33)30-19-10-8-18(29)9-11-19)31-15-14-17-4-2-3-5-21(17)24(22)31/h2-15,22-25H,1H3,(H,30,33). The van der Waals surface area contributed by atoms with Crippen LogP contribution in [0.4, 0.5) is 11.4 Å². The number of imide groups is 1. The number of anilines is 2. The highest BCUT2D eigenvalue weighted by Crippen LogP contribution is 2.53. The van der Waals surface area contributed by atoms with Crippen molar-refractivity contribution < 1.29 is 14.4 Å². The Labute approximate surface area is 207 Å². The van der Waals surface area contributed by atoms with Crippen LogP contribution >= 0.6 is 11.6 Å². The zero-order valence-electron chi connectivity index (χ0n) is 18.9. The molecule has 3 amide bonds. The van der Waals surface area contributed by atoms with Gasteiger partial charge in [-0.15, -0.1) is 0 Å². The van der Waals surface area contributed by atoms with Crippen molar-refractivity contribution in [3.63, 3.8) is 0 Å². The van der Waals surface area contributed by atoms with Gasteiger partial charge in [-0.25, -0.2) is 4.90 Å². The number of amides is 3. The first-order valence-corrected chi connectivity index (χ1v) is 11.9. The smallest absolute Gasteiger partial charge is 0.247 e. The van der Waals surface area contributed by atoms with Gasteiger partial charge >= 0.3 is 0 Å². The first-order chi connectivity index (χ1) is 16.9. The molecule has 3 aromatic rings. The summed E-state index contributed by atoms with van der Waals surface area (Å²) in [5.74, 6) is -2.43. The van der Waals surface area contributed by atoms with E-state index in [2.05, 4.69) is 5.32 Å². The van der Waals surface area contributed by atoms with E-state index in [1.165, 1.54) is 4.90 Å². The highest BCUT2D eigenvalue weighted by molar-refractivity contribution is 6.30. The average Bonchev–Trinajstić information content (AvgIpc) is 3.34. The Morgan fingerprint density at radius 3 is 2.31 bits per heavy atom. The van der Waals surface area contributed by atoms with E-state index >= 15 is 0 Å². The van der Waals surface area contributed by atoms with E-state index in [-0.39, 0.29) is 17.7 Å². The lowest BCUT2D eigenvalue weighted by Gasteiger charge is -2.35. The Bertz CT molecular complexity index is 1380. The molecule has 0 spiro atoms. The molecule has 1 N–H and O–H groups in total. The van der Waals surface area contributed by atoms with Crippen LogP contribution < -0.4 is 10.2 Å². The first kappa shape index (κ1) is 21.6. The Morgan fingerprint density at radius 1 is 0.886 bits per heavy atom. The molecule has 3 aromatic carbocycles. The van der Waals surface area contributed by atoms with Gasteiger partial charge in [-0.2, -0.15) is 0 Å². The molecule has 6 rings (SSSR count). The van der Waals surface area contributed by atoms with Crippen molar-refractivity contribution in [2.24, 2.45) is 11.8 Å². The van der Waals surface area contributed by atoms with Crippen LogP contribution in [0.3, 0.4) is 0 Å². The van der Waals surface area contributed by atoms with Crippen molar-refractivity contribution in [3.05, 3.63) is 101 Å². The summed E-state index contributed by atoms with van der Waals surface area (Å²) in [5, 5.41) is 3.48. The third-order valence-electron chi connectivity index (χ3n) is 7.13. The zero-order valence-corrected chi connectivity index (χ0v) is 19.6. The number of benzene rings is 3. The average molecular weight is 484 g/mol. The lowest BCUT2D eigenvalue weighted by atomic mass is 9.84. The fourth-order valence-corrected chi connectivity index (χ4v) is 5.68. The van der Waals surface area contributed by atoms with Crippen molar-refractivity contribution in [2.45, 2.75) is 19.0 Å². The van der Waals surface area contributed by atoms with Crippen LogP contribution in [0.1, 0.15) is 22.7 Å². The normalized spacial score (nSPS) is 24.3. The lowest BCUT2D eigenvalue weighted by Crippen LogP contribution is -2.46. The van der Waals surface area contributed by atoms with Crippen molar-refractivity contribution >= 4 is 46.8 Å². The summed E-state index contributed by atoms with van der Waals surface area (Å²) in [7, 11) is 0. The van der Waals surface area contributed by atoms with E-state index in [1.807, 2.05) is 60.5 Å². The highest BCUT2D eigenvalue weighted by Gasteiger charge is 2.64. The number of nitrogens with one attached hydrogen (secondary N) is 1. The fourth-order valence-electron chi connectivity index (χ4n) is 5.55. The Kier molecular flexibility index (Phi) is 5.00. The second-order valence-corrected chi connectivity index (χ2v) is 9.61. The van der Waals surface area contributed by atoms with E-state index < -0.39 is 23.9 Å². The highest BCUT2D eigenvalue weighted by atomic mass is 35.5. The molecule has 3 aliphatic heterocycles. The van der Waals surface area contributed by atoms with Crippen LogP contribution in [0.25, 0.3) is 6.08 Å². The Morgan fingerprint density at radius 2 is 1.57 bits per heavy atom. The number of hydrogen-bond donors (Lipinski definition) is 1. The van der Waals surface area contributed by atoms with Gasteiger partial charge in [0.2, 0.25) is 17.7 Å². The summed E-state index contributed by atoms with van der Waals surface area (Å²) in [6.45, 7) is 1.95. The molecule has 3 aliphatic rings. The Balaban J connectivity index is 1.43. The molecule has 174 valence electrons. The topological polar surface area (TPSA) is 69.7 Å². The number of fused-ring (bicyclic) bond motifs is 5. The summed E-state index contributed by atoms with van der Waals surface area (Å²) in [5.41, 5.74) is 4.07. The van der Waals surface area contributed by atoms with Gasteiger partial charge in [-0.05, 0) is 60.5 Å². The molecule has 0 bridgehead atoms. The molecule has 0 aromatic heterocycles. The van der Waals surface area contributed by atoms with Gasteiger partial charge in [0.15, 0.2) is 0 Å². The van der Waals surface area contributed by atoms with Gasteiger partial charge in [0, 0.05) is 16.9 Å². The number of carbonyl (C=O) groups excluding carboxylic acids is 3. The van der Waals surface area contributed by atoms with Gasteiger partial charge in [-0.1, -0.05) is 53.6 Å². The molecule has 6 nitrogen and oxygen atoms in total. The van der Waals surface area contributed by atoms with Crippen molar-refractivity contribution in [2.75, 3.05) is 10.2 Å². The van der Waals surface area contributed by atoms with E-state index in [1.54, 1.807) is 36.4 Å². The third kappa shape index (κ3) is 3.36. The lowest BCUT2D eigenvalue weighted by molar-refractivity contribution is -0.128. The quantitative estimate of drug-likeness (QED) is 0.543. The molecule has 3 heterocycles. The molecule has 2 saturated heterocycles. The summed E-state index contributed by atoms with van der Waals surface area (Å²) in [4.78, 5) is 44.4. The molecular weight excluding hydrogens is 462 g/mol. The first-order valence-electron chi connectivity index (χ1n) is 11.5. The van der Waals surface area contributed by atoms with Crippen molar-refractivity contribution in [1.29, 1.82) is 0 Å². The summed E-state index contributed by atoms with van der Waals surface area (Å²) in [6, 6.07) is 20.7. The SMILES string of the molecule is Cc1ccc(N2C(=O)C3C(C2=O)C2c4ccccc4C=CN2C3C(=O)Nc2ccc(Cl)cc2)cc1. The number of aryl methyl sites for hydroxylation is 1. The molecule has 35 heavy (non-hydrogen) atoms. The van der Waals surface area contributed by atoms with E-state index in [0.29, 0.717) is 16.4 Å². The predicted octanol–water partition coefficient (Wildman–Crippen LogP) is 4.80. The van der Waals surface area contributed by atoms with Crippen LogP contribution in [0.5, 0.6) is 0 Å². The maximum atomic E-state index is 13.8. The molecule has 0 saturated carbocycles. The second kappa shape index (κ2) is 8.10. The van der Waals surface area contributed by atoms with Gasteiger partial charge in [0.1, 0.15) is 6.04 Å². The summed E-state index contributed by atoms with van der Waals surface area (Å²) >= 11 is 5.99. The number of halogens is 1. The molecule has 2 fully saturated rings. The number of nitrogens with zero attached hydrogens (tertiary/aromatic N) is 2. The minimum Gasteiger partial charge on any atom is -0.357 e. The van der Waals surface area contributed by atoms with E-state index in [0.717, 1.165) is 16.7 Å². The largest absolute Gasteiger partial charge is 0.357 e. The summed E-state index contributed by atoms with van der Waals surface area (Å²) in [6.07, 6.45) is 3.77. The monoisotopic (exact) mass is 483 g/mol. The minimum absolute atomic E-state index is 0.272. The van der Waals surface area contributed by atoms with Gasteiger partial charge in [-0.3, -0.25) is 14.4 Å². The minimum atomic E-state index is -0.836. The van der Waals surface area contributed by atoms with Crippen molar-refractivity contribution in [1.82, 2.24) is 4.90 Å². The van der Waals surface area contributed by atoms with E-state index in [9.17, 15) is 14.4 Å². The van der Waals surface area contributed by atoms with Crippen LogP contribution in [-0.2, 0) is 14.4 Å². The Hall–Kier alpha value is -3.90. The number of rotatable bonds is 3. The predicted molar refractivity (Wildman–Crippen MR) is 135 cm³/mol. The number of carbonyl (C=O) groups is 3. The molecule has 4 unspecified atom stereocenters. The van der Waals surface area contributed by atoms with Gasteiger partial charge < -0.3 is 10.2 Å². The third-order valence-corrected chi connectivity index (χ3v) is 7.39. The second-order valence-electron chi connectivity index (χ2n) is 9.18. The zero-order chi connectivity index (χ0) is 24.3. The maximum Gasteiger partial charge on any atom is 0.247 e. The molecule has 4 atom stereocenters. The van der Waals surface area contributed by atoms with Crippen LogP contribution in [0.15, 0.2) is 79.0 Å². The van der Waals surface area contributed by atoms with E-state index in [4.69, 9.17) is 11.6 Å². The van der Waals surface area contributed by atoms with Crippen molar-refractivity contribution in [3.8, 4) is 0 Å². The van der Waals surface area contributed by atoms with Crippen LogP contribution in [0.2, 0.25) is 5.02 Å². The summed E-state index contributed by atoms with van der Waals surface area (Å²) < 4.78 is 0. The fraction of sp³-hybridized carbons (Fsp3) is 0.179. The maximum absolute atomic E-state index is 13.8. The van der Waals surface area contributed by atoms with Gasteiger partial charge in [0.25, 0.3) is 0 Å². The molecule has 7 heteroatoms. The van der Waals surface area contributed by atoms with Gasteiger partial charge in [0.05, 0.1) is 23.6 Å². The van der Waals surface area contributed by atoms with Crippen LogP contribution in [-0.4, -0.2) is 28.7 Å². The molecule has 0 radical (unpaired) electrons. The number of hydrogen-bond acceptors (Lipinski definition) is 4.